The van der Waals surface area contributed by atoms with Gasteiger partial charge in [-0.2, -0.15) is 0 Å². The summed E-state index contributed by atoms with van der Waals surface area (Å²) in [6, 6.07) is 10.1. The Morgan fingerprint density at radius 2 is 1.67 bits per heavy atom. The van der Waals surface area contributed by atoms with Gasteiger partial charge in [0.15, 0.2) is 6.29 Å². The molecule has 1 aliphatic heterocycles. The van der Waals surface area contributed by atoms with Gasteiger partial charge in [-0.25, -0.2) is 9.78 Å². The van der Waals surface area contributed by atoms with Crippen LogP contribution in [0, 0.1) is 5.41 Å². The van der Waals surface area contributed by atoms with Crippen molar-refractivity contribution in [2.75, 3.05) is 13.2 Å². The lowest BCUT2D eigenvalue weighted by atomic mass is 9.80. The van der Waals surface area contributed by atoms with Crippen LogP contribution in [0.2, 0.25) is 0 Å². The predicted molar refractivity (Wildman–Crippen MR) is 186 cm³/mol. The lowest BCUT2D eigenvalue weighted by Gasteiger charge is -2.40. The molecule has 0 aliphatic carbocycles. The number of carbonyl (C=O) groups excluding carboxylic acids is 3. The number of amides is 4. The van der Waals surface area contributed by atoms with Crippen LogP contribution in [-0.2, 0) is 26.3 Å². The van der Waals surface area contributed by atoms with Gasteiger partial charge in [-0.15, -0.1) is 0 Å². The third kappa shape index (κ3) is 7.60. The first-order valence-corrected chi connectivity index (χ1v) is 16.0. The number of nitrogens with two attached hydrogens (primary N) is 2. The minimum absolute atomic E-state index is 0.00988. The Kier molecular flexibility index (Phi) is 10.7. The van der Waals surface area contributed by atoms with E-state index in [1.165, 1.54) is 24.3 Å². The maximum atomic E-state index is 13.7. The molecule has 0 bridgehead atoms. The summed E-state index contributed by atoms with van der Waals surface area (Å²) >= 11 is 0. The number of rotatable bonds is 11. The third-order valence-corrected chi connectivity index (χ3v) is 8.90. The molecule has 5 atom stereocenters. The second kappa shape index (κ2) is 14.8. The zero-order valence-corrected chi connectivity index (χ0v) is 28.0. The minimum atomic E-state index is -1.76. The number of primary amides is 1. The van der Waals surface area contributed by atoms with Crippen molar-refractivity contribution in [1.29, 1.82) is 5.41 Å². The van der Waals surface area contributed by atoms with Crippen LogP contribution < -0.4 is 27.4 Å². The summed E-state index contributed by atoms with van der Waals surface area (Å²) in [5.74, 6) is -2.05. The van der Waals surface area contributed by atoms with Crippen molar-refractivity contribution in [2.24, 2.45) is 11.5 Å². The number of fused-ring (bicyclic) bond motifs is 1. The number of phenolic OH excluding ortho intramolecular Hbond substituents is 2. The van der Waals surface area contributed by atoms with E-state index in [1.54, 1.807) is 38.1 Å². The van der Waals surface area contributed by atoms with Crippen LogP contribution >= 0.6 is 0 Å². The van der Waals surface area contributed by atoms with Crippen LogP contribution in [0.4, 0.5) is 4.79 Å². The number of ether oxygens (including phenoxy) is 1. The van der Waals surface area contributed by atoms with Gasteiger partial charge in [0.05, 0.1) is 35.2 Å². The third-order valence-electron chi connectivity index (χ3n) is 8.90. The molecule has 18 nitrogen and oxygen atoms in total. The summed E-state index contributed by atoms with van der Waals surface area (Å²) < 4.78 is 5.06. The zero-order chi connectivity index (χ0) is 38.1. The van der Waals surface area contributed by atoms with Crippen molar-refractivity contribution in [3.8, 4) is 34.0 Å². The molecule has 276 valence electrons. The number of hydrogen-bond donors (Lipinski definition) is 13. The Hall–Kier alpha value is -5.79. The lowest BCUT2D eigenvalue weighted by Crippen LogP contribution is -2.64. The van der Waals surface area contributed by atoms with Crippen LogP contribution in [0.1, 0.15) is 30.5 Å². The van der Waals surface area contributed by atoms with Gasteiger partial charge >= 0.3 is 6.03 Å². The zero-order valence-electron chi connectivity index (χ0n) is 28.0. The van der Waals surface area contributed by atoms with Crippen LogP contribution in [0.25, 0.3) is 33.5 Å². The SMILES string of the molecule is CC(C)(C(=O)NCC(=O)NC1C(O)OC(CO)C(O)C1O)c1cc(-c2nc3cc(C(=N)N)ccc3[nH]2)c(O)c(-c2cc(CNC(N)=O)ccc2O)c1. The molecule has 4 aromatic rings. The fourth-order valence-corrected chi connectivity index (χ4v) is 5.78. The fourth-order valence-electron chi connectivity index (χ4n) is 5.78. The highest BCUT2D eigenvalue weighted by Crippen LogP contribution is 2.44. The van der Waals surface area contributed by atoms with Crippen molar-refractivity contribution in [1.82, 2.24) is 25.9 Å². The molecule has 52 heavy (non-hydrogen) atoms. The second-order valence-corrected chi connectivity index (χ2v) is 12.9. The van der Waals surface area contributed by atoms with E-state index in [1.807, 2.05) is 0 Å². The summed E-state index contributed by atoms with van der Waals surface area (Å²) in [5.41, 5.74) is 12.0. The number of nitrogens with zero attached hydrogens (tertiary/aromatic N) is 1. The van der Waals surface area contributed by atoms with E-state index < -0.39 is 67.1 Å². The van der Waals surface area contributed by atoms with Gasteiger partial charge in [-0.3, -0.25) is 15.0 Å². The lowest BCUT2D eigenvalue weighted by molar-refractivity contribution is -0.253. The van der Waals surface area contributed by atoms with Crippen LogP contribution in [0.5, 0.6) is 11.5 Å². The van der Waals surface area contributed by atoms with Gasteiger partial charge in [0.25, 0.3) is 0 Å². The van der Waals surface area contributed by atoms with Crippen LogP contribution in [-0.4, -0.2) is 108 Å². The summed E-state index contributed by atoms with van der Waals surface area (Å²) in [4.78, 5) is 45.6. The standard InChI is InChI=1S/C34H40N8O10/c1-34(2,32(50)38-12-24(45)42-25-28(48)27(47)23(13-43)52-31(25)49)16-9-18(17-7-14(3-6-22(17)44)11-39-33(37)51)26(46)19(10-16)30-40-20-5-4-15(29(35)36)8-21(20)41-30/h3-10,23,25,27-28,31,43-44,46-49H,11-13H2,1-2H3,(H3,35,36)(H,38,50)(H,40,41)(H,42,45)(H3,37,39,51). The molecule has 1 saturated heterocycles. The summed E-state index contributed by atoms with van der Waals surface area (Å²) in [7, 11) is 0. The van der Waals surface area contributed by atoms with E-state index in [0.29, 0.717) is 27.7 Å². The van der Waals surface area contributed by atoms with Gasteiger partial charge in [-0.1, -0.05) is 6.07 Å². The normalized spacial score (nSPS) is 20.3. The molecule has 1 aromatic heterocycles. The molecular formula is C34H40N8O10. The monoisotopic (exact) mass is 720 g/mol. The quantitative estimate of drug-likeness (QED) is 0.0660. The van der Waals surface area contributed by atoms with Crippen molar-refractivity contribution in [2.45, 2.75) is 56.5 Å². The van der Waals surface area contributed by atoms with Gasteiger partial charge < -0.3 is 67.8 Å². The number of benzene rings is 3. The first-order valence-electron chi connectivity index (χ1n) is 16.0. The molecule has 5 rings (SSSR count). The molecule has 1 fully saturated rings. The Bertz CT molecular complexity index is 2030. The molecule has 4 amide bonds. The number of hydrogen-bond acceptors (Lipinski definition) is 12. The highest BCUT2D eigenvalue weighted by Gasteiger charge is 2.44. The van der Waals surface area contributed by atoms with Crippen LogP contribution in [0.15, 0.2) is 48.5 Å². The summed E-state index contributed by atoms with van der Waals surface area (Å²) in [6.45, 7) is 1.82. The van der Waals surface area contributed by atoms with Gasteiger partial charge in [0, 0.05) is 23.2 Å². The van der Waals surface area contributed by atoms with Crippen molar-refractivity contribution >= 4 is 34.7 Å². The number of H-pyrrole nitrogens is 1. The minimum Gasteiger partial charge on any atom is -0.507 e. The molecule has 1 aliphatic rings. The number of nitrogens with one attached hydrogen (secondary N) is 5. The molecule has 0 saturated carbocycles. The van der Waals surface area contributed by atoms with Gasteiger partial charge in [0.2, 0.25) is 11.8 Å². The largest absolute Gasteiger partial charge is 0.507 e. The number of aliphatic hydroxyl groups is 4. The maximum Gasteiger partial charge on any atom is 0.312 e. The van der Waals surface area contributed by atoms with E-state index in [2.05, 4.69) is 25.9 Å². The Morgan fingerprint density at radius 3 is 2.35 bits per heavy atom. The number of aromatic hydroxyl groups is 2. The summed E-state index contributed by atoms with van der Waals surface area (Å²) in [5, 5.41) is 77.7. The molecule has 3 aromatic carbocycles. The van der Waals surface area contributed by atoms with Crippen molar-refractivity contribution in [3.05, 3.63) is 65.2 Å². The Balaban J connectivity index is 1.50. The number of carbonyl (C=O) groups is 3. The molecule has 18 heteroatoms. The number of imidazole rings is 1. The highest BCUT2D eigenvalue weighted by atomic mass is 16.6. The first kappa shape index (κ1) is 37.5. The molecule has 0 radical (unpaired) electrons. The molecule has 15 N–H and O–H groups in total. The Morgan fingerprint density at radius 1 is 0.962 bits per heavy atom. The fraction of sp³-hybridized carbons (Fsp3) is 0.324. The topological polar surface area (TPSA) is 322 Å². The van der Waals surface area contributed by atoms with Gasteiger partial charge in [0.1, 0.15) is 47.5 Å². The maximum absolute atomic E-state index is 13.7. The van der Waals surface area contributed by atoms with Crippen molar-refractivity contribution < 1.29 is 49.8 Å². The van der Waals surface area contributed by atoms with E-state index in [-0.39, 0.29) is 46.4 Å². The number of aliphatic hydroxyl groups excluding tert-OH is 4. The average molecular weight is 721 g/mol. The number of urea groups is 1. The highest BCUT2D eigenvalue weighted by molar-refractivity contribution is 5.99. The van der Waals surface area contributed by atoms with E-state index in [4.69, 9.17) is 21.6 Å². The van der Waals surface area contributed by atoms with Gasteiger partial charge in [-0.05, 0) is 67.4 Å². The number of nitrogen functional groups attached to an aromatic ring is 1. The number of amidine groups is 1. The Labute approximate surface area is 296 Å². The van der Waals surface area contributed by atoms with Crippen LogP contribution in [0.3, 0.4) is 0 Å². The second-order valence-electron chi connectivity index (χ2n) is 12.9. The number of phenols is 2. The molecular weight excluding hydrogens is 680 g/mol. The van der Waals surface area contributed by atoms with E-state index >= 15 is 0 Å². The van der Waals surface area contributed by atoms with E-state index in [9.17, 15) is 45.0 Å². The number of aromatic nitrogens is 2. The molecule has 2 heterocycles. The summed E-state index contributed by atoms with van der Waals surface area (Å²) in [6.07, 6.45) is -6.31. The van der Waals surface area contributed by atoms with Crippen molar-refractivity contribution in [3.63, 3.8) is 0 Å². The number of aromatic amines is 1. The molecule has 0 spiro atoms. The smallest absolute Gasteiger partial charge is 0.312 e. The predicted octanol–water partition coefficient (Wildman–Crippen LogP) is -0.930. The van der Waals surface area contributed by atoms with E-state index in [0.717, 1.165) is 0 Å². The molecule has 5 unspecified atom stereocenters. The first-order chi connectivity index (χ1) is 24.5. The average Bonchev–Trinajstić information content (AvgIpc) is 3.53.